The van der Waals surface area contributed by atoms with Crippen LogP contribution in [0, 0.1) is 0 Å². The highest BCUT2D eigenvalue weighted by molar-refractivity contribution is 5.87. The minimum Gasteiger partial charge on any atom is -0.378 e. The van der Waals surface area contributed by atoms with E-state index in [1.165, 1.54) is 0 Å². The van der Waals surface area contributed by atoms with Gasteiger partial charge in [0.05, 0.1) is 13.2 Å². The summed E-state index contributed by atoms with van der Waals surface area (Å²) >= 11 is 0. The highest BCUT2D eigenvalue weighted by Crippen LogP contribution is 1.98. The molecule has 0 radical (unpaired) electrons. The molecule has 1 heterocycles. The lowest BCUT2D eigenvalue weighted by molar-refractivity contribution is -0.129. The Bertz CT molecular complexity index is 215. The van der Waals surface area contributed by atoms with E-state index in [0.29, 0.717) is 26.3 Å². The minimum atomic E-state index is 0.0707. The third kappa shape index (κ3) is 3.42. The van der Waals surface area contributed by atoms with Crippen molar-refractivity contribution >= 4 is 5.91 Å². The summed E-state index contributed by atoms with van der Waals surface area (Å²) in [6, 6.07) is 0. The molecule has 0 saturated carbocycles. The monoisotopic (exact) mass is 181 g/mol. The smallest absolute Gasteiger partial charge is 0.246 e. The molecule has 1 fully saturated rings. The second-order valence-corrected chi connectivity index (χ2v) is 2.82. The van der Waals surface area contributed by atoms with E-state index in [9.17, 15) is 4.79 Å². The Hall–Kier alpha value is -1.09. The van der Waals surface area contributed by atoms with Crippen LogP contribution in [-0.4, -0.2) is 37.1 Å². The van der Waals surface area contributed by atoms with Crippen molar-refractivity contribution in [2.75, 3.05) is 26.3 Å². The van der Waals surface area contributed by atoms with Crippen LogP contribution in [0.3, 0.4) is 0 Å². The van der Waals surface area contributed by atoms with Gasteiger partial charge in [0.1, 0.15) is 0 Å². The number of carbonyl (C=O) groups excluding carboxylic acids is 1. The fourth-order valence-corrected chi connectivity index (χ4v) is 1.14. The maximum absolute atomic E-state index is 11.4. The van der Waals surface area contributed by atoms with E-state index in [2.05, 4.69) is 0 Å². The molecule has 1 amide bonds. The molecule has 0 atom stereocenters. The van der Waals surface area contributed by atoms with Gasteiger partial charge < -0.3 is 9.64 Å². The first-order valence-electron chi connectivity index (χ1n) is 4.50. The summed E-state index contributed by atoms with van der Waals surface area (Å²) in [4.78, 5) is 13.2. The predicted octanol–water partition coefficient (Wildman–Crippen LogP) is 0.978. The molecular formula is C10H15NO2. The fraction of sp³-hybridized carbons (Fsp3) is 0.500. The topological polar surface area (TPSA) is 29.5 Å². The Balaban J connectivity index is 2.37. The first-order chi connectivity index (χ1) is 6.34. The molecule has 0 N–H and O–H groups in total. The molecule has 72 valence electrons. The van der Waals surface area contributed by atoms with Crippen molar-refractivity contribution < 1.29 is 9.53 Å². The van der Waals surface area contributed by atoms with Crippen molar-refractivity contribution in [3.63, 3.8) is 0 Å². The fourth-order valence-electron chi connectivity index (χ4n) is 1.14. The van der Waals surface area contributed by atoms with Crippen molar-refractivity contribution in [2.45, 2.75) is 6.92 Å². The average Bonchev–Trinajstić information content (AvgIpc) is 2.19. The number of allylic oxidation sites excluding steroid dienone is 3. The van der Waals surface area contributed by atoms with Crippen LogP contribution < -0.4 is 0 Å². The standard InChI is InChI=1S/C10H15NO2/c1-2-3-4-5-10(12)11-6-8-13-9-7-11/h2-5H,6-9H2,1H3/b3-2+,5-4+. The van der Waals surface area contributed by atoms with Gasteiger partial charge in [-0.1, -0.05) is 18.2 Å². The molecule has 3 nitrogen and oxygen atoms in total. The van der Waals surface area contributed by atoms with E-state index >= 15 is 0 Å². The van der Waals surface area contributed by atoms with Gasteiger partial charge in [-0.05, 0) is 6.92 Å². The Kier molecular flexibility index (Phi) is 4.26. The maximum atomic E-state index is 11.4. The number of morpholine rings is 1. The summed E-state index contributed by atoms with van der Waals surface area (Å²) in [7, 11) is 0. The quantitative estimate of drug-likeness (QED) is 0.469. The third-order valence-corrected chi connectivity index (χ3v) is 1.87. The van der Waals surface area contributed by atoms with Crippen LogP contribution in [0.1, 0.15) is 6.92 Å². The molecule has 0 bridgehead atoms. The summed E-state index contributed by atoms with van der Waals surface area (Å²) in [6.45, 7) is 4.65. The minimum absolute atomic E-state index is 0.0707. The molecule has 3 heteroatoms. The highest BCUT2D eigenvalue weighted by Gasteiger charge is 2.13. The summed E-state index contributed by atoms with van der Waals surface area (Å²) in [5, 5.41) is 0. The number of amides is 1. The molecule has 0 spiro atoms. The Morgan fingerprint density at radius 1 is 1.31 bits per heavy atom. The van der Waals surface area contributed by atoms with Gasteiger partial charge in [0.25, 0.3) is 0 Å². The van der Waals surface area contributed by atoms with Crippen LogP contribution in [-0.2, 0) is 9.53 Å². The van der Waals surface area contributed by atoms with E-state index in [0.717, 1.165) is 0 Å². The zero-order chi connectivity index (χ0) is 9.52. The second-order valence-electron chi connectivity index (χ2n) is 2.82. The zero-order valence-corrected chi connectivity index (χ0v) is 7.90. The van der Waals surface area contributed by atoms with Crippen LogP contribution >= 0.6 is 0 Å². The van der Waals surface area contributed by atoms with Gasteiger partial charge in [-0.2, -0.15) is 0 Å². The van der Waals surface area contributed by atoms with Crippen molar-refractivity contribution in [1.29, 1.82) is 0 Å². The van der Waals surface area contributed by atoms with Crippen molar-refractivity contribution in [1.82, 2.24) is 4.90 Å². The lowest BCUT2D eigenvalue weighted by Gasteiger charge is -2.25. The molecule has 0 unspecified atom stereocenters. The number of ether oxygens (including phenoxy) is 1. The van der Waals surface area contributed by atoms with Gasteiger partial charge in [-0.25, -0.2) is 0 Å². The number of hydrogen-bond acceptors (Lipinski definition) is 2. The summed E-state index contributed by atoms with van der Waals surface area (Å²) in [5.41, 5.74) is 0. The number of rotatable bonds is 2. The first kappa shape index (κ1) is 9.99. The molecule has 0 aromatic rings. The molecule has 1 aliphatic rings. The van der Waals surface area contributed by atoms with Crippen molar-refractivity contribution in [3.05, 3.63) is 24.3 Å². The molecule has 1 rings (SSSR count). The number of hydrogen-bond donors (Lipinski definition) is 0. The van der Waals surface area contributed by atoms with E-state index in [-0.39, 0.29) is 5.91 Å². The Labute approximate surface area is 78.7 Å². The summed E-state index contributed by atoms with van der Waals surface area (Å²) in [5.74, 6) is 0.0707. The Morgan fingerprint density at radius 2 is 2.00 bits per heavy atom. The van der Waals surface area contributed by atoms with Gasteiger partial charge in [-0.15, -0.1) is 0 Å². The summed E-state index contributed by atoms with van der Waals surface area (Å²) in [6.07, 6.45) is 7.09. The zero-order valence-electron chi connectivity index (χ0n) is 7.90. The maximum Gasteiger partial charge on any atom is 0.246 e. The van der Waals surface area contributed by atoms with Crippen LogP contribution in [0.2, 0.25) is 0 Å². The molecule has 1 aliphatic heterocycles. The average molecular weight is 181 g/mol. The van der Waals surface area contributed by atoms with E-state index in [1.54, 1.807) is 17.1 Å². The van der Waals surface area contributed by atoms with Crippen LogP contribution in [0.25, 0.3) is 0 Å². The van der Waals surface area contributed by atoms with Gasteiger partial charge in [0.2, 0.25) is 5.91 Å². The predicted molar refractivity (Wildman–Crippen MR) is 51.4 cm³/mol. The van der Waals surface area contributed by atoms with E-state index < -0.39 is 0 Å². The molecule has 1 saturated heterocycles. The summed E-state index contributed by atoms with van der Waals surface area (Å²) < 4.78 is 5.14. The third-order valence-electron chi connectivity index (χ3n) is 1.87. The molecule has 0 aromatic carbocycles. The van der Waals surface area contributed by atoms with Crippen LogP contribution in [0.4, 0.5) is 0 Å². The normalized spacial score (nSPS) is 18.7. The van der Waals surface area contributed by atoms with Crippen LogP contribution in [0.5, 0.6) is 0 Å². The largest absolute Gasteiger partial charge is 0.378 e. The van der Waals surface area contributed by atoms with Gasteiger partial charge in [0.15, 0.2) is 0 Å². The first-order valence-corrected chi connectivity index (χ1v) is 4.50. The van der Waals surface area contributed by atoms with Crippen molar-refractivity contribution in [3.8, 4) is 0 Å². The van der Waals surface area contributed by atoms with Crippen molar-refractivity contribution in [2.24, 2.45) is 0 Å². The highest BCUT2D eigenvalue weighted by atomic mass is 16.5. The SMILES string of the molecule is C/C=C/C=C/C(=O)N1CCOCC1. The second kappa shape index (κ2) is 5.54. The lowest BCUT2D eigenvalue weighted by Crippen LogP contribution is -2.39. The number of carbonyl (C=O) groups is 1. The number of nitrogens with zero attached hydrogens (tertiary/aromatic N) is 1. The lowest BCUT2D eigenvalue weighted by atomic mass is 10.3. The van der Waals surface area contributed by atoms with Gasteiger partial charge >= 0.3 is 0 Å². The molecular weight excluding hydrogens is 166 g/mol. The Morgan fingerprint density at radius 3 is 2.62 bits per heavy atom. The molecule has 0 aliphatic carbocycles. The molecule has 0 aromatic heterocycles. The van der Waals surface area contributed by atoms with E-state index in [1.807, 2.05) is 19.1 Å². The van der Waals surface area contributed by atoms with Crippen LogP contribution in [0.15, 0.2) is 24.3 Å². The van der Waals surface area contributed by atoms with Gasteiger partial charge in [-0.3, -0.25) is 4.79 Å². The molecule has 13 heavy (non-hydrogen) atoms. The van der Waals surface area contributed by atoms with E-state index in [4.69, 9.17) is 4.74 Å². The van der Waals surface area contributed by atoms with Gasteiger partial charge in [0, 0.05) is 19.2 Å².